The average Bonchev–Trinajstić information content (AvgIpc) is 2.34. The highest BCUT2D eigenvalue weighted by molar-refractivity contribution is 7.99. The lowest BCUT2D eigenvalue weighted by Crippen LogP contribution is -2.03. The van der Waals surface area contributed by atoms with Gasteiger partial charge in [0.15, 0.2) is 0 Å². The summed E-state index contributed by atoms with van der Waals surface area (Å²) >= 11 is 1.49. The van der Waals surface area contributed by atoms with Crippen LogP contribution in [0.1, 0.15) is 21.5 Å². The van der Waals surface area contributed by atoms with Crippen LogP contribution in [0.15, 0.2) is 46.2 Å². The largest absolute Gasteiger partial charge is 0.478 e. The second kappa shape index (κ2) is 5.36. The molecule has 0 fully saturated rings. The number of carboxylic acid groups (broad SMARTS) is 1. The summed E-state index contributed by atoms with van der Waals surface area (Å²) in [5.41, 5.74) is 8.74. The van der Waals surface area contributed by atoms with E-state index in [1.54, 1.807) is 6.07 Å². The summed E-state index contributed by atoms with van der Waals surface area (Å²) in [6.07, 6.45) is 0. The van der Waals surface area contributed by atoms with E-state index in [4.69, 9.17) is 10.8 Å². The molecule has 0 aromatic heterocycles. The number of carboxylic acids is 1. The number of rotatable bonds is 3. The quantitative estimate of drug-likeness (QED) is 0.836. The number of anilines is 1. The Balaban J connectivity index is 2.38. The lowest BCUT2D eigenvalue weighted by molar-refractivity contribution is 0.0698. The predicted octanol–water partition coefficient (Wildman–Crippen LogP) is 3.74. The Hall–Kier alpha value is -1.94. The molecule has 0 saturated heterocycles. The zero-order chi connectivity index (χ0) is 14.0. The Kier molecular flexibility index (Phi) is 3.81. The number of hydrogen-bond donors (Lipinski definition) is 2. The van der Waals surface area contributed by atoms with Crippen molar-refractivity contribution in [3.63, 3.8) is 0 Å². The molecule has 3 nitrogen and oxygen atoms in total. The molecule has 19 heavy (non-hydrogen) atoms. The highest BCUT2D eigenvalue weighted by Crippen LogP contribution is 2.35. The van der Waals surface area contributed by atoms with Crippen molar-refractivity contribution in [3.8, 4) is 0 Å². The van der Waals surface area contributed by atoms with Crippen molar-refractivity contribution in [1.82, 2.24) is 0 Å². The van der Waals surface area contributed by atoms with Crippen LogP contribution in [0.25, 0.3) is 0 Å². The third-order valence-corrected chi connectivity index (χ3v) is 4.10. The zero-order valence-corrected chi connectivity index (χ0v) is 11.6. The lowest BCUT2D eigenvalue weighted by Gasteiger charge is -2.10. The average molecular weight is 273 g/mol. The van der Waals surface area contributed by atoms with Gasteiger partial charge in [0, 0.05) is 9.79 Å². The first-order valence-electron chi connectivity index (χ1n) is 5.86. The Bertz CT molecular complexity index is 638. The molecular formula is C15H15NO2S. The second-order valence-corrected chi connectivity index (χ2v) is 5.48. The number of carbonyl (C=O) groups is 1. The van der Waals surface area contributed by atoms with E-state index in [1.807, 2.05) is 32.0 Å². The number of aryl methyl sites for hydroxylation is 2. The van der Waals surface area contributed by atoms with Gasteiger partial charge in [-0.25, -0.2) is 4.79 Å². The molecule has 0 aliphatic heterocycles. The van der Waals surface area contributed by atoms with Crippen LogP contribution in [-0.4, -0.2) is 11.1 Å². The van der Waals surface area contributed by atoms with Crippen LogP contribution in [0.4, 0.5) is 5.69 Å². The smallest absolute Gasteiger partial charge is 0.337 e. The molecule has 0 unspecified atom stereocenters. The van der Waals surface area contributed by atoms with E-state index in [0.29, 0.717) is 5.69 Å². The van der Waals surface area contributed by atoms with Gasteiger partial charge in [-0.05, 0) is 37.6 Å². The van der Waals surface area contributed by atoms with Crippen LogP contribution in [0, 0.1) is 13.8 Å². The molecular weight excluding hydrogens is 258 g/mol. The molecule has 0 amide bonds. The number of hydrogen-bond acceptors (Lipinski definition) is 3. The minimum Gasteiger partial charge on any atom is -0.478 e. The van der Waals surface area contributed by atoms with Crippen LogP contribution >= 0.6 is 11.8 Å². The maximum Gasteiger partial charge on any atom is 0.337 e. The molecule has 0 saturated carbocycles. The van der Waals surface area contributed by atoms with E-state index >= 15 is 0 Å². The van der Waals surface area contributed by atoms with Gasteiger partial charge in [-0.1, -0.05) is 35.5 Å². The third kappa shape index (κ3) is 2.90. The summed E-state index contributed by atoms with van der Waals surface area (Å²) in [6.45, 7) is 4.08. The molecule has 0 radical (unpaired) electrons. The maximum atomic E-state index is 11.0. The van der Waals surface area contributed by atoms with Gasteiger partial charge in [0.25, 0.3) is 0 Å². The van der Waals surface area contributed by atoms with Gasteiger partial charge in [0.1, 0.15) is 0 Å². The summed E-state index contributed by atoms with van der Waals surface area (Å²) < 4.78 is 0. The van der Waals surface area contributed by atoms with Crippen molar-refractivity contribution in [2.45, 2.75) is 23.6 Å². The summed E-state index contributed by atoms with van der Waals surface area (Å²) in [6, 6.07) is 11.2. The zero-order valence-electron chi connectivity index (χ0n) is 10.8. The van der Waals surface area contributed by atoms with Gasteiger partial charge >= 0.3 is 5.97 Å². The van der Waals surface area contributed by atoms with Gasteiger partial charge in [-0.15, -0.1) is 0 Å². The van der Waals surface area contributed by atoms with Crippen molar-refractivity contribution >= 4 is 23.4 Å². The Morgan fingerprint density at radius 3 is 2.53 bits per heavy atom. The van der Waals surface area contributed by atoms with E-state index in [2.05, 4.69) is 6.07 Å². The highest BCUT2D eigenvalue weighted by Gasteiger charge is 2.12. The fourth-order valence-electron chi connectivity index (χ4n) is 1.85. The van der Waals surface area contributed by atoms with Gasteiger partial charge in [-0.3, -0.25) is 0 Å². The number of nitrogens with two attached hydrogens (primary N) is 1. The number of benzene rings is 2. The topological polar surface area (TPSA) is 63.3 Å². The molecule has 2 rings (SSSR count). The lowest BCUT2D eigenvalue weighted by atomic mass is 10.2. The minimum atomic E-state index is -0.999. The fourth-order valence-corrected chi connectivity index (χ4v) is 2.81. The van der Waals surface area contributed by atoms with E-state index in [9.17, 15) is 4.79 Å². The Labute approximate surface area is 116 Å². The van der Waals surface area contributed by atoms with E-state index in [1.165, 1.54) is 23.4 Å². The molecule has 98 valence electrons. The number of para-hydroxylation sites is 1. The van der Waals surface area contributed by atoms with Crippen LogP contribution in [-0.2, 0) is 0 Å². The highest BCUT2D eigenvalue weighted by atomic mass is 32.2. The second-order valence-electron chi connectivity index (χ2n) is 4.39. The van der Waals surface area contributed by atoms with Crippen LogP contribution in [0.5, 0.6) is 0 Å². The maximum absolute atomic E-state index is 11.0. The van der Waals surface area contributed by atoms with Gasteiger partial charge in [0.05, 0.1) is 11.3 Å². The van der Waals surface area contributed by atoms with Crippen LogP contribution in [0.3, 0.4) is 0 Å². The van der Waals surface area contributed by atoms with E-state index in [0.717, 1.165) is 15.4 Å². The number of nitrogen functional groups attached to an aromatic ring is 1. The molecule has 0 spiro atoms. The molecule has 0 atom stereocenters. The summed E-state index contributed by atoms with van der Waals surface area (Å²) in [5, 5.41) is 9.06. The van der Waals surface area contributed by atoms with Crippen molar-refractivity contribution in [2.75, 3.05) is 5.73 Å². The van der Waals surface area contributed by atoms with Crippen molar-refractivity contribution in [1.29, 1.82) is 0 Å². The van der Waals surface area contributed by atoms with E-state index in [-0.39, 0.29) is 5.56 Å². The van der Waals surface area contributed by atoms with Gasteiger partial charge < -0.3 is 10.8 Å². The summed E-state index contributed by atoms with van der Waals surface area (Å²) in [7, 11) is 0. The summed E-state index contributed by atoms with van der Waals surface area (Å²) in [4.78, 5) is 12.9. The predicted molar refractivity (Wildman–Crippen MR) is 77.9 cm³/mol. The van der Waals surface area contributed by atoms with E-state index < -0.39 is 5.97 Å². The van der Waals surface area contributed by atoms with Crippen molar-refractivity contribution in [3.05, 3.63) is 53.1 Å². The Morgan fingerprint density at radius 2 is 1.89 bits per heavy atom. The SMILES string of the molecule is Cc1ccc(Sc2cccc(C(=O)O)c2N)c(C)c1. The van der Waals surface area contributed by atoms with Crippen molar-refractivity contribution in [2.24, 2.45) is 0 Å². The molecule has 0 aliphatic rings. The molecule has 4 heteroatoms. The molecule has 0 aliphatic carbocycles. The van der Waals surface area contributed by atoms with Crippen LogP contribution in [0.2, 0.25) is 0 Å². The molecule has 0 heterocycles. The molecule has 2 aromatic rings. The monoisotopic (exact) mass is 273 g/mol. The molecule has 3 N–H and O–H groups in total. The fraction of sp³-hybridized carbons (Fsp3) is 0.133. The number of aromatic carboxylic acids is 1. The first-order chi connectivity index (χ1) is 8.99. The molecule has 0 bridgehead atoms. The van der Waals surface area contributed by atoms with Crippen LogP contribution < -0.4 is 5.73 Å². The molecule has 2 aromatic carbocycles. The normalized spacial score (nSPS) is 10.4. The van der Waals surface area contributed by atoms with Gasteiger partial charge in [0.2, 0.25) is 0 Å². The summed E-state index contributed by atoms with van der Waals surface area (Å²) in [5.74, 6) is -0.999. The minimum absolute atomic E-state index is 0.148. The van der Waals surface area contributed by atoms with Crippen molar-refractivity contribution < 1.29 is 9.90 Å². The standard InChI is InChI=1S/C15H15NO2S/c1-9-6-7-12(10(2)8-9)19-13-5-3-4-11(14(13)16)15(17)18/h3-8H,16H2,1-2H3,(H,17,18). The third-order valence-electron chi connectivity index (χ3n) is 2.85. The Morgan fingerprint density at radius 1 is 1.16 bits per heavy atom. The first kappa shape index (κ1) is 13.5. The first-order valence-corrected chi connectivity index (χ1v) is 6.67. The van der Waals surface area contributed by atoms with Gasteiger partial charge in [-0.2, -0.15) is 0 Å².